The Morgan fingerprint density at radius 1 is 0.914 bits per heavy atom. The smallest absolute Gasteiger partial charge is 0.274 e. The molecule has 0 fully saturated rings. The number of methoxy groups -OCH3 is 1. The first-order valence-electron chi connectivity index (χ1n) is 10.9. The summed E-state index contributed by atoms with van der Waals surface area (Å²) in [4.78, 5) is 40.9. The first-order valence-corrected chi connectivity index (χ1v) is 10.9. The van der Waals surface area contributed by atoms with Crippen LogP contribution in [0.2, 0.25) is 0 Å². The minimum Gasteiger partial charge on any atom is -0.481 e. The maximum absolute atomic E-state index is 12.5. The SMILES string of the molecule is COc1cccc(C(=O)Nc2ccc3nn(CC(=O)NCCNC(=O)c4ccccc4)cc3c2)n1. The highest BCUT2D eigenvalue weighted by molar-refractivity contribution is 6.03. The van der Waals surface area contributed by atoms with Crippen molar-refractivity contribution in [3.05, 3.63) is 84.2 Å². The Balaban J connectivity index is 1.28. The molecule has 0 saturated carbocycles. The number of fused-ring (bicyclic) bond motifs is 1. The van der Waals surface area contributed by atoms with Gasteiger partial charge in [0.05, 0.1) is 12.6 Å². The molecule has 178 valence electrons. The molecule has 10 heteroatoms. The van der Waals surface area contributed by atoms with Crippen LogP contribution in [0.25, 0.3) is 10.9 Å². The van der Waals surface area contributed by atoms with E-state index in [-0.39, 0.29) is 30.0 Å². The summed E-state index contributed by atoms with van der Waals surface area (Å²) < 4.78 is 6.58. The lowest BCUT2D eigenvalue weighted by Crippen LogP contribution is -2.36. The summed E-state index contributed by atoms with van der Waals surface area (Å²) in [5.41, 5.74) is 2.06. The van der Waals surface area contributed by atoms with E-state index < -0.39 is 0 Å². The molecule has 4 rings (SSSR count). The van der Waals surface area contributed by atoms with E-state index in [9.17, 15) is 14.4 Å². The summed E-state index contributed by atoms with van der Waals surface area (Å²) in [6, 6.07) is 19.1. The van der Waals surface area contributed by atoms with E-state index in [4.69, 9.17) is 4.74 Å². The third-order valence-corrected chi connectivity index (χ3v) is 5.05. The van der Waals surface area contributed by atoms with Crippen LogP contribution in [0.1, 0.15) is 20.8 Å². The standard InChI is InChI=1S/C25H24N6O4/c1-35-23-9-5-8-21(29-23)25(34)28-19-10-11-20-18(14-19)15-31(30-20)16-22(32)26-12-13-27-24(33)17-6-3-2-4-7-17/h2-11,14-15H,12-13,16H2,1H3,(H,26,32)(H,27,33)(H,28,34). The number of amides is 3. The highest BCUT2D eigenvalue weighted by atomic mass is 16.5. The fourth-order valence-corrected chi connectivity index (χ4v) is 3.36. The average molecular weight is 473 g/mol. The summed E-state index contributed by atoms with van der Waals surface area (Å²) in [7, 11) is 1.49. The zero-order valence-electron chi connectivity index (χ0n) is 19.0. The topological polar surface area (TPSA) is 127 Å². The van der Waals surface area contributed by atoms with Crippen LogP contribution in [0.5, 0.6) is 5.88 Å². The minimum atomic E-state index is -0.366. The molecular weight excluding hydrogens is 448 g/mol. The third kappa shape index (κ3) is 6.20. The van der Waals surface area contributed by atoms with Crippen LogP contribution in [0, 0.1) is 0 Å². The molecule has 0 unspecified atom stereocenters. The third-order valence-electron chi connectivity index (χ3n) is 5.05. The Labute approximate surface area is 201 Å². The highest BCUT2D eigenvalue weighted by Crippen LogP contribution is 2.19. The number of nitrogens with one attached hydrogen (secondary N) is 3. The van der Waals surface area contributed by atoms with Gasteiger partial charge in [-0.3, -0.25) is 19.1 Å². The van der Waals surface area contributed by atoms with Crippen molar-refractivity contribution < 1.29 is 19.1 Å². The zero-order chi connectivity index (χ0) is 24.6. The van der Waals surface area contributed by atoms with Gasteiger partial charge in [0.25, 0.3) is 11.8 Å². The largest absolute Gasteiger partial charge is 0.481 e. The van der Waals surface area contributed by atoms with Crippen LogP contribution in [0.15, 0.2) is 72.9 Å². The Hall–Kier alpha value is -4.73. The number of pyridine rings is 1. The number of ether oxygens (including phenoxy) is 1. The summed E-state index contributed by atoms with van der Waals surface area (Å²) >= 11 is 0. The maximum atomic E-state index is 12.5. The lowest BCUT2D eigenvalue weighted by Gasteiger charge is -2.07. The fraction of sp³-hybridized carbons (Fsp3) is 0.160. The van der Waals surface area contributed by atoms with E-state index in [2.05, 4.69) is 26.0 Å². The molecule has 2 aromatic heterocycles. The molecule has 0 aliphatic carbocycles. The van der Waals surface area contributed by atoms with E-state index in [1.807, 2.05) is 6.07 Å². The summed E-state index contributed by atoms with van der Waals surface area (Å²) in [5, 5.41) is 13.5. The van der Waals surface area contributed by atoms with Gasteiger partial charge in [0.15, 0.2) is 0 Å². The molecule has 0 aliphatic heterocycles. The number of carbonyl (C=O) groups is 3. The summed E-state index contributed by atoms with van der Waals surface area (Å²) in [6.07, 6.45) is 1.73. The van der Waals surface area contributed by atoms with Gasteiger partial charge in [-0.05, 0) is 36.4 Å². The number of benzene rings is 2. The number of hydrogen-bond donors (Lipinski definition) is 3. The molecule has 3 N–H and O–H groups in total. The van der Waals surface area contributed by atoms with Gasteiger partial charge in [0, 0.05) is 42.0 Å². The predicted octanol–water partition coefficient (Wildman–Crippen LogP) is 2.24. The van der Waals surface area contributed by atoms with Crippen LogP contribution < -0.4 is 20.7 Å². The number of hydrogen-bond acceptors (Lipinski definition) is 6. The van der Waals surface area contributed by atoms with E-state index in [0.717, 1.165) is 5.39 Å². The fourth-order valence-electron chi connectivity index (χ4n) is 3.36. The Kier molecular flexibility index (Phi) is 7.31. The van der Waals surface area contributed by atoms with Crippen LogP contribution in [0.3, 0.4) is 0 Å². The van der Waals surface area contributed by atoms with Crippen molar-refractivity contribution in [2.45, 2.75) is 6.54 Å². The predicted molar refractivity (Wildman–Crippen MR) is 130 cm³/mol. The lowest BCUT2D eigenvalue weighted by atomic mass is 10.2. The molecule has 0 spiro atoms. The van der Waals surface area contributed by atoms with Crippen LogP contribution in [0.4, 0.5) is 5.69 Å². The number of aromatic nitrogens is 3. The maximum Gasteiger partial charge on any atom is 0.274 e. The molecule has 0 bridgehead atoms. The van der Waals surface area contributed by atoms with Gasteiger partial charge < -0.3 is 20.7 Å². The number of rotatable bonds is 9. The first-order chi connectivity index (χ1) is 17.0. The van der Waals surface area contributed by atoms with E-state index in [1.165, 1.54) is 11.8 Å². The van der Waals surface area contributed by atoms with Crippen molar-refractivity contribution >= 4 is 34.3 Å². The first kappa shape index (κ1) is 23.4. The highest BCUT2D eigenvalue weighted by Gasteiger charge is 2.11. The molecule has 2 aromatic carbocycles. The van der Waals surface area contributed by atoms with Crippen molar-refractivity contribution in [3.63, 3.8) is 0 Å². The van der Waals surface area contributed by atoms with Crippen molar-refractivity contribution in [1.29, 1.82) is 0 Å². The molecule has 35 heavy (non-hydrogen) atoms. The van der Waals surface area contributed by atoms with Crippen molar-refractivity contribution in [2.24, 2.45) is 0 Å². The van der Waals surface area contributed by atoms with E-state index in [0.29, 0.717) is 35.7 Å². The van der Waals surface area contributed by atoms with Crippen LogP contribution in [-0.2, 0) is 11.3 Å². The molecule has 10 nitrogen and oxygen atoms in total. The van der Waals surface area contributed by atoms with Gasteiger partial charge in [0.2, 0.25) is 11.8 Å². The molecule has 4 aromatic rings. The molecule has 0 atom stereocenters. The minimum absolute atomic E-state index is 0.0245. The Bertz CT molecular complexity index is 1350. The molecular formula is C25H24N6O4. The van der Waals surface area contributed by atoms with Gasteiger partial charge in [-0.15, -0.1) is 0 Å². The zero-order valence-corrected chi connectivity index (χ0v) is 19.0. The number of anilines is 1. The van der Waals surface area contributed by atoms with Gasteiger partial charge in [-0.25, -0.2) is 4.98 Å². The molecule has 0 saturated heterocycles. The lowest BCUT2D eigenvalue weighted by molar-refractivity contribution is -0.121. The van der Waals surface area contributed by atoms with Crippen LogP contribution in [-0.4, -0.2) is 52.7 Å². The number of nitrogens with zero attached hydrogens (tertiary/aromatic N) is 3. The molecule has 2 heterocycles. The second-order valence-corrected chi connectivity index (χ2v) is 7.59. The monoisotopic (exact) mass is 472 g/mol. The summed E-state index contributed by atoms with van der Waals surface area (Å²) in [5.74, 6) is -0.437. The molecule has 0 aliphatic rings. The van der Waals surface area contributed by atoms with Gasteiger partial charge in [-0.2, -0.15) is 5.10 Å². The average Bonchev–Trinajstić information content (AvgIpc) is 3.28. The normalized spacial score (nSPS) is 10.5. The van der Waals surface area contributed by atoms with E-state index in [1.54, 1.807) is 66.9 Å². The summed E-state index contributed by atoms with van der Waals surface area (Å²) in [6.45, 7) is 0.634. The van der Waals surface area contributed by atoms with Gasteiger partial charge >= 0.3 is 0 Å². The molecule has 3 amide bonds. The Morgan fingerprint density at radius 3 is 2.51 bits per heavy atom. The van der Waals surface area contributed by atoms with Crippen molar-refractivity contribution in [3.8, 4) is 5.88 Å². The quantitative estimate of drug-likeness (QED) is 0.321. The van der Waals surface area contributed by atoms with Gasteiger partial charge in [0.1, 0.15) is 12.2 Å². The second-order valence-electron chi connectivity index (χ2n) is 7.59. The number of carbonyl (C=O) groups excluding carboxylic acids is 3. The van der Waals surface area contributed by atoms with E-state index >= 15 is 0 Å². The molecule has 0 radical (unpaired) electrons. The Morgan fingerprint density at radius 2 is 1.71 bits per heavy atom. The van der Waals surface area contributed by atoms with Crippen molar-refractivity contribution in [2.75, 3.05) is 25.5 Å². The van der Waals surface area contributed by atoms with Crippen molar-refractivity contribution in [1.82, 2.24) is 25.4 Å². The van der Waals surface area contributed by atoms with Crippen LogP contribution >= 0.6 is 0 Å². The van der Waals surface area contributed by atoms with Gasteiger partial charge in [-0.1, -0.05) is 24.3 Å². The second kappa shape index (κ2) is 10.9.